The summed E-state index contributed by atoms with van der Waals surface area (Å²) in [6, 6.07) is 0. The molecule has 0 aromatic rings. The van der Waals surface area contributed by atoms with Crippen molar-refractivity contribution in [3.63, 3.8) is 0 Å². The van der Waals surface area contributed by atoms with E-state index in [1.54, 1.807) is 0 Å². The van der Waals surface area contributed by atoms with E-state index in [2.05, 4.69) is 0 Å². The zero-order valence-corrected chi connectivity index (χ0v) is 5.56. The predicted octanol–water partition coefficient (Wildman–Crippen LogP) is 1.27. The van der Waals surface area contributed by atoms with E-state index in [0.29, 0.717) is 12.8 Å². The van der Waals surface area contributed by atoms with Gasteiger partial charge in [0.2, 0.25) is 0 Å². The molecule has 0 bridgehead atoms. The molecule has 10 heavy (non-hydrogen) atoms. The van der Waals surface area contributed by atoms with Gasteiger partial charge in [-0.25, -0.2) is 8.78 Å². The van der Waals surface area contributed by atoms with E-state index in [-0.39, 0.29) is 24.4 Å². The van der Waals surface area contributed by atoms with Crippen LogP contribution in [0.1, 0.15) is 12.8 Å². The molecule has 0 aliphatic heterocycles. The standard InChI is InChI=1S/C7H10F2O/c8-7(9)5-1-4(3-10)2-6(5)7/h4-6,10H,1-3H2/t4-,5+,6-. The third kappa shape index (κ3) is 0.641. The number of aliphatic hydroxyl groups is 1. The average molecular weight is 148 g/mol. The van der Waals surface area contributed by atoms with E-state index < -0.39 is 5.92 Å². The van der Waals surface area contributed by atoms with Gasteiger partial charge in [0.15, 0.2) is 0 Å². The zero-order chi connectivity index (χ0) is 7.35. The average Bonchev–Trinajstić information content (AvgIpc) is 2.37. The molecule has 1 N–H and O–H groups in total. The van der Waals surface area contributed by atoms with Crippen LogP contribution in [-0.2, 0) is 0 Å². The van der Waals surface area contributed by atoms with Crippen LogP contribution >= 0.6 is 0 Å². The van der Waals surface area contributed by atoms with E-state index in [0.717, 1.165) is 0 Å². The fourth-order valence-corrected chi connectivity index (χ4v) is 2.07. The topological polar surface area (TPSA) is 20.2 Å². The highest BCUT2D eigenvalue weighted by molar-refractivity contribution is 5.10. The Hall–Kier alpha value is -0.180. The molecule has 2 saturated carbocycles. The SMILES string of the molecule is OC[C@H]1C[C@@H]2[C@H](C1)C2(F)F. The summed E-state index contributed by atoms with van der Waals surface area (Å²) < 4.78 is 24.9. The van der Waals surface area contributed by atoms with Gasteiger partial charge in [0.25, 0.3) is 5.92 Å². The number of alkyl halides is 2. The summed E-state index contributed by atoms with van der Waals surface area (Å²) in [5, 5.41) is 8.63. The summed E-state index contributed by atoms with van der Waals surface area (Å²) in [5.74, 6) is -2.98. The first-order valence-electron chi connectivity index (χ1n) is 3.65. The van der Waals surface area contributed by atoms with Gasteiger partial charge in [-0.1, -0.05) is 0 Å². The zero-order valence-electron chi connectivity index (χ0n) is 5.56. The number of hydrogen-bond acceptors (Lipinski definition) is 1. The lowest BCUT2D eigenvalue weighted by Gasteiger charge is -2.09. The largest absolute Gasteiger partial charge is 0.396 e. The number of halogens is 2. The molecule has 0 radical (unpaired) electrons. The van der Waals surface area contributed by atoms with E-state index in [4.69, 9.17) is 5.11 Å². The normalized spacial score (nSPS) is 48.9. The highest BCUT2D eigenvalue weighted by Gasteiger charge is 2.71. The minimum absolute atomic E-state index is 0.0864. The van der Waals surface area contributed by atoms with Gasteiger partial charge in [-0.15, -0.1) is 0 Å². The number of aliphatic hydroxyl groups excluding tert-OH is 1. The minimum atomic E-state index is -2.37. The van der Waals surface area contributed by atoms with Crippen molar-refractivity contribution in [3.05, 3.63) is 0 Å². The summed E-state index contributed by atoms with van der Waals surface area (Å²) in [6.45, 7) is 0.0864. The minimum Gasteiger partial charge on any atom is -0.396 e. The predicted molar refractivity (Wildman–Crippen MR) is 31.7 cm³/mol. The molecule has 0 unspecified atom stereocenters. The van der Waals surface area contributed by atoms with Crippen molar-refractivity contribution in [1.29, 1.82) is 0 Å². The van der Waals surface area contributed by atoms with Crippen molar-refractivity contribution in [2.75, 3.05) is 6.61 Å². The molecular formula is C7H10F2O. The van der Waals surface area contributed by atoms with Crippen LogP contribution in [0, 0.1) is 17.8 Å². The maximum Gasteiger partial charge on any atom is 0.254 e. The number of hydrogen-bond donors (Lipinski definition) is 1. The van der Waals surface area contributed by atoms with Crippen LogP contribution in [0.3, 0.4) is 0 Å². The Morgan fingerprint density at radius 2 is 1.80 bits per heavy atom. The molecule has 3 atom stereocenters. The van der Waals surface area contributed by atoms with E-state index >= 15 is 0 Å². The van der Waals surface area contributed by atoms with Crippen molar-refractivity contribution in [1.82, 2.24) is 0 Å². The second-order valence-electron chi connectivity index (χ2n) is 3.41. The van der Waals surface area contributed by atoms with Crippen LogP contribution in [0.15, 0.2) is 0 Å². The van der Waals surface area contributed by atoms with Gasteiger partial charge in [0.1, 0.15) is 0 Å². The Balaban J connectivity index is 1.96. The van der Waals surface area contributed by atoms with Gasteiger partial charge in [0.05, 0.1) is 0 Å². The lowest BCUT2D eigenvalue weighted by atomic mass is 10.0. The Labute approximate surface area is 58.0 Å². The van der Waals surface area contributed by atoms with Crippen molar-refractivity contribution in [2.24, 2.45) is 17.8 Å². The van der Waals surface area contributed by atoms with E-state index in [1.165, 1.54) is 0 Å². The molecular weight excluding hydrogens is 138 g/mol. The Kier molecular flexibility index (Phi) is 1.11. The second-order valence-corrected chi connectivity index (χ2v) is 3.41. The molecule has 1 nitrogen and oxygen atoms in total. The molecule has 3 heteroatoms. The highest BCUT2D eigenvalue weighted by Crippen LogP contribution is 2.65. The quantitative estimate of drug-likeness (QED) is 0.593. The molecule has 0 heterocycles. The van der Waals surface area contributed by atoms with Gasteiger partial charge in [-0.2, -0.15) is 0 Å². The molecule has 0 saturated heterocycles. The van der Waals surface area contributed by atoms with Crippen molar-refractivity contribution < 1.29 is 13.9 Å². The van der Waals surface area contributed by atoms with Gasteiger partial charge in [-0.05, 0) is 18.8 Å². The van der Waals surface area contributed by atoms with Crippen LogP contribution in [0.2, 0.25) is 0 Å². The third-order valence-electron chi connectivity index (χ3n) is 2.80. The van der Waals surface area contributed by atoms with Crippen molar-refractivity contribution >= 4 is 0 Å². The molecule has 0 aromatic heterocycles. The fourth-order valence-electron chi connectivity index (χ4n) is 2.07. The molecule has 2 aliphatic carbocycles. The first-order valence-corrected chi connectivity index (χ1v) is 3.65. The molecule has 2 aliphatic rings. The van der Waals surface area contributed by atoms with Gasteiger partial charge in [-0.3, -0.25) is 0 Å². The van der Waals surface area contributed by atoms with Crippen LogP contribution in [0.5, 0.6) is 0 Å². The molecule has 0 aromatic carbocycles. The summed E-state index contributed by atoms with van der Waals surface area (Å²) in [6.07, 6.45) is 1.07. The highest BCUT2D eigenvalue weighted by atomic mass is 19.3. The Morgan fingerprint density at radius 3 is 2.20 bits per heavy atom. The molecule has 2 fully saturated rings. The summed E-state index contributed by atoms with van der Waals surface area (Å²) >= 11 is 0. The van der Waals surface area contributed by atoms with E-state index in [1.807, 2.05) is 0 Å². The summed E-state index contributed by atoms with van der Waals surface area (Å²) in [4.78, 5) is 0. The molecule has 0 spiro atoms. The van der Waals surface area contributed by atoms with Crippen LogP contribution in [0.25, 0.3) is 0 Å². The molecule has 0 amide bonds. The first-order chi connectivity index (χ1) is 4.66. The summed E-state index contributed by atoms with van der Waals surface area (Å²) in [5.41, 5.74) is 0. The van der Waals surface area contributed by atoms with Crippen LogP contribution in [0.4, 0.5) is 8.78 Å². The van der Waals surface area contributed by atoms with Gasteiger partial charge < -0.3 is 5.11 Å². The number of fused-ring (bicyclic) bond motifs is 1. The lowest BCUT2D eigenvalue weighted by Crippen LogP contribution is -2.10. The Morgan fingerprint density at radius 1 is 1.30 bits per heavy atom. The van der Waals surface area contributed by atoms with Crippen molar-refractivity contribution in [3.8, 4) is 0 Å². The van der Waals surface area contributed by atoms with Gasteiger partial charge in [0, 0.05) is 18.4 Å². The van der Waals surface area contributed by atoms with E-state index in [9.17, 15) is 8.78 Å². The van der Waals surface area contributed by atoms with Crippen LogP contribution in [-0.4, -0.2) is 17.6 Å². The first kappa shape index (κ1) is 6.53. The van der Waals surface area contributed by atoms with Gasteiger partial charge >= 0.3 is 0 Å². The summed E-state index contributed by atoms with van der Waals surface area (Å²) in [7, 11) is 0. The monoisotopic (exact) mass is 148 g/mol. The smallest absolute Gasteiger partial charge is 0.254 e. The number of rotatable bonds is 1. The maximum absolute atomic E-state index is 12.5. The maximum atomic E-state index is 12.5. The fraction of sp³-hybridized carbons (Fsp3) is 1.00. The Bertz CT molecular complexity index is 144. The lowest BCUT2D eigenvalue weighted by molar-refractivity contribution is 0.0563. The van der Waals surface area contributed by atoms with Crippen LogP contribution < -0.4 is 0 Å². The third-order valence-corrected chi connectivity index (χ3v) is 2.80. The second kappa shape index (κ2) is 1.70. The van der Waals surface area contributed by atoms with Crippen molar-refractivity contribution in [2.45, 2.75) is 18.8 Å². The molecule has 2 rings (SSSR count). The molecule has 58 valence electrons.